The number of benzene rings is 1. The third-order valence-corrected chi connectivity index (χ3v) is 4.72. The largest absolute Gasteiger partial charge is 0.387 e. The Morgan fingerprint density at radius 3 is 2.81 bits per heavy atom. The second-order valence-corrected chi connectivity index (χ2v) is 7.02. The topological polar surface area (TPSA) is 70.9 Å². The number of aliphatic hydroxyl groups is 1. The molecule has 1 aromatic carbocycles. The third-order valence-electron chi connectivity index (χ3n) is 4.48. The molecule has 2 rings (SSSR count). The summed E-state index contributed by atoms with van der Waals surface area (Å²) in [7, 11) is 0. The standard InChI is InChI=1S/C20H25ClN2O3/c1-4-9-20(25,10-5-2)14(3)22-19(24)18-13-17(23-26-18)12-15-7-6-8-16(21)11-15/h4-8,11,14,18,25H,1-2,9-10,12-13H2,3H3,(H,22,24)/t14-,18+/m0/s1. The molecule has 0 aromatic heterocycles. The van der Waals surface area contributed by atoms with Gasteiger partial charge in [-0.05, 0) is 37.5 Å². The van der Waals surface area contributed by atoms with Crippen molar-refractivity contribution in [2.75, 3.05) is 0 Å². The van der Waals surface area contributed by atoms with Gasteiger partial charge in [0.15, 0.2) is 0 Å². The van der Waals surface area contributed by atoms with Gasteiger partial charge in [-0.25, -0.2) is 0 Å². The average molecular weight is 377 g/mol. The Labute approximate surface area is 159 Å². The number of nitrogens with one attached hydrogen (secondary N) is 1. The van der Waals surface area contributed by atoms with Crippen molar-refractivity contribution in [3.05, 3.63) is 60.2 Å². The lowest BCUT2D eigenvalue weighted by atomic mass is 9.88. The molecule has 6 heteroatoms. The summed E-state index contributed by atoms with van der Waals surface area (Å²) in [5, 5.41) is 18.2. The smallest absolute Gasteiger partial charge is 0.264 e. The van der Waals surface area contributed by atoms with Gasteiger partial charge >= 0.3 is 0 Å². The van der Waals surface area contributed by atoms with Gasteiger partial charge in [-0.3, -0.25) is 4.79 Å². The monoisotopic (exact) mass is 376 g/mol. The van der Waals surface area contributed by atoms with Crippen LogP contribution in [0, 0.1) is 0 Å². The SMILES string of the molecule is C=CCC(O)(CC=C)[C@H](C)NC(=O)[C@H]1CC(Cc2cccc(Cl)c2)=NO1. The van der Waals surface area contributed by atoms with Crippen molar-refractivity contribution in [3.63, 3.8) is 0 Å². The molecule has 2 atom stereocenters. The fraction of sp³-hybridized carbons (Fsp3) is 0.400. The fourth-order valence-electron chi connectivity index (χ4n) is 2.93. The first-order valence-corrected chi connectivity index (χ1v) is 8.96. The lowest BCUT2D eigenvalue weighted by Crippen LogP contribution is -2.52. The van der Waals surface area contributed by atoms with Gasteiger partial charge in [0, 0.05) is 17.9 Å². The quantitative estimate of drug-likeness (QED) is 0.649. The minimum absolute atomic E-state index is 0.297. The zero-order valence-electron chi connectivity index (χ0n) is 15.0. The van der Waals surface area contributed by atoms with Gasteiger partial charge < -0.3 is 15.3 Å². The van der Waals surface area contributed by atoms with Crippen LogP contribution in [0.1, 0.15) is 31.7 Å². The summed E-state index contributed by atoms with van der Waals surface area (Å²) in [6, 6.07) is 7.02. The van der Waals surface area contributed by atoms with Crippen LogP contribution in [0.4, 0.5) is 0 Å². The predicted molar refractivity (Wildman–Crippen MR) is 104 cm³/mol. The molecule has 0 saturated heterocycles. The van der Waals surface area contributed by atoms with Gasteiger partial charge in [-0.15, -0.1) is 13.2 Å². The zero-order valence-corrected chi connectivity index (χ0v) is 15.7. The van der Waals surface area contributed by atoms with Crippen molar-refractivity contribution in [1.82, 2.24) is 5.32 Å². The molecule has 140 valence electrons. The molecule has 0 fully saturated rings. The van der Waals surface area contributed by atoms with E-state index in [1.807, 2.05) is 24.3 Å². The first-order valence-electron chi connectivity index (χ1n) is 8.58. The molecule has 2 N–H and O–H groups in total. The van der Waals surface area contributed by atoms with Crippen LogP contribution in [0.25, 0.3) is 0 Å². The van der Waals surface area contributed by atoms with Crippen molar-refractivity contribution in [2.24, 2.45) is 5.16 Å². The highest BCUT2D eigenvalue weighted by molar-refractivity contribution is 6.30. The molecule has 1 amide bonds. The Kier molecular flexibility index (Phi) is 7.00. The van der Waals surface area contributed by atoms with E-state index < -0.39 is 17.7 Å². The molecule has 0 bridgehead atoms. The normalized spacial score (nSPS) is 17.8. The van der Waals surface area contributed by atoms with Crippen molar-refractivity contribution < 1.29 is 14.7 Å². The van der Waals surface area contributed by atoms with E-state index >= 15 is 0 Å². The number of halogens is 1. The Morgan fingerprint density at radius 1 is 1.50 bits per heavy atom. The Balaban J connectivity index is 1.91. The molecule has 1 aliphatic rings. The average Bonchev–Trinajstić information content (AvgIpc) is 3.04. The van der Waals surface area contributed by atoms with Gasteiger partial charge in [0.1, 0.15) is 0 Å². The van der Waals surface area contributed by atoms with Crippen LogP contribution in [0.3, 0.4) is 0 Å². The molecule has 1 aromatic rings. The minimum Gasteiger partial charge on any atom is -0.387 e. The highest BCUT2D eigenvalue weighted by Crippen LogP contribution is 2.22. The number of oxime groups is 1. The Morgan fingerprint density at radius 2 is 2.19 bits per heavy atom. The molecule has 0 unspecified atom stereocenters. The van der Waals surface area contributed by atoms with Crippen LogP contribution < -0.4 is 5.32 Å². The highest BCUT2D eigenvalue weighted by Gasteiger charge is 2.35. The Hall–Kier alpha value is -2.11. The van der Waals surface area contributed by atoms with E-state index in [0.29, 0.717) is 30.7 Å². The van der Waals surface area contributed by atoms with Gasteiger partial charge in [0.25, 0.3) is 5.91 Å². The van der Waals surface area contributed by atoms with E-state index in [-0.39, 0.29) is 5.91 Å². The number of hydrogen-bond donors (Lipinski definition) is 2. The van der Waals surface area contributed by atoms with E-state index in [1.165, 1.54) is 0 Å². The molecule has 0 radical (unpaired) electrons. The van der Waals surface area contributed by atoms with Crippen molar-refractivity contribution >= 4 is 23.2 Å². The minimum atomic E-state index is -1.12. The summed E-state index contributed by atoms with van der Waals surface area (Å²) in [5.41, 5.74) is 0.676. The molecule has 0 aliphatic carbocycles. The number of carbonyl (C=O) groups is 1. The maximum Gasteiger partial charge on any atom is 0.264 e. The summed E-state index contributed by atoms with van der Waals surface area (Å²) in [6.45, 7) is 9.08. The van der Waals surface area contributed by atoms with Gasteiger partial charge in [0.05, 0.1) is 17.4 Å². The summed E-state index contributed by atoms with van der Waals surface area (Å²) >= 11 is 5.99. The van der Waals surface area contributed by atoms with E-state index in [0.717, 1.165) is 11.3 Å². The molecule has 1 heterocycles. The highest BCUT2D eigenvalue weighted by atomic mass is 35.5. The van der Waals surface area contributed by atoms with E-state index in [9.17, 15) is 9.90 Å². The van der Waals surface area contributed by atoms with Crippen molar-refractivity contribution in [1.29, 1.82) is 0 Å². The molecule has 26 heavy (non-hydrogen) atoms. The second kappa shape index (κ2) is 9.01. The van der Waals surface area contributed by atoms with Gasteiger partial charge in [-0.1, -0.05) is 41.0 Å². The number of rotatable bonds is 9. The van der Waals surface area contributed by atoms with E-state index in [4.69, 9.17) is 16.4 Å². The number of nitrogens with zero attached hydrogens (tertiary/aromatic N) is 1. The lowest BCUT2D eigenvalue weighted by Gasteiger charge is -2.33. The van der Waals surface area contributed by atoms with Crippen molar-refractivity contribution in [2.45, 2.75) is 50.4 Å². The first-order chi connectivity index (χ1) is 12.4. The number of carbonyl (C=O) groups excluding carboxylic acids is 1. The fourth-order valence-corrected chi connectivity index (χ4v) is 3.14. The van der Waals surface area contributed by atoms with Crippen molar-refractivity contribution in [3.8, 4) is 0 Å². The number of hydrogen-bond acceptors (Lipinski definition) is 4. The van der Waals surface area contributed by atoms with E-state index in [1.54, 1.807) is 19.1 Å². The molecule has 5 nitrogen and oxygen atoms in total. The van der Waals surface area contributed by atoms with Gasteiger partial charge in [0.2, 0.25) is 6.10 Å². The molecule has 0 spiro atoms. The maximum absolute atomic E-state index is 12.5. The van der Waals surface area contributed by atoms with Crippen LogP contribution in [0.15, 0.2) is 54.7 Å². The van der Waals surface area contributed by atoms with Crippen LogP contribution >= 0.6 is 11.6 Å². The lowest BCUT2D eigenvalue weighted by molar-refractivity contribution is -0.134. The zero-order chi connectivity index (χ0) is 19.2. The van der Waals surface area contributed by atoms with Gasteiger partial charge in [-0.2, -0.15) is 0 Å². The van der Waals surface area contributed by atoms with Crippen LogP contribution in [-0.2, 0) is 16.1 Å². The summed E-state index contributed by atoms with van der Waals surface area (Å²) < 4.78 is 0. The predicted octanol–water partition coefficient (Wildman–Crippen LogP) is 3.42. The maximum atomic E-state index is 12.5. The molecular formula is C20H25ClN2O3. The van der Waals surface area contributed by atoms with Crippen LogP contribution in [-0.4, -0.2) is 34.5 Å². The number of amides is 1. The molecule has 1 aliphatic heterocycles. The second-order valence-electron chi connectivity index (χ2n) is 6.58. The molecule has 0 saturated carbocycles. The summed E-state index contributed by atoms with van der Waals surface area (Å²) in [4.78, 5) is 17.8. The Bertz CT molecular complexity index is 692. The van der Waals surface area contributed by atoms with Crippen LogP contribution in [0.5, 0.6) is 0 Å². The summed E-state index contributed by atoms with van der Waals surface area (Å²) in [5.74, 6) is -0.297. The first kappa shape index (κ1) is 20.2. The van der Waals surface area contributed by atoms with E-state index in [2.05, 4.69) is 23.6 Å². The molecular weight excluding hydrogens is 352 g/mol. The van der Waals surface area contributed by atoms with Crippen LogP contribution in [0.2, 0.25) is 5.02 Å². The third kappa shape index (κ3) is 5.19. The summed E-state index contributed by atoms with van der Waals surface area (Å²) in [6.07, 6.45) is 4.26.